The van der Waals surface area contributed by atoms with Gasteiger partial charge in [0.15, 0.2) is 0 Å². The lowest BCUT2D eigenvalue weighted by atomic mass is 10.3. The lowest BCUT2D eigenvalue weighted by Crippen LogP contribution is -1.97. The van der Waals surface area contributed by atoms with E-state index in [2.05, 4.69) is 0 Å². The van der Waals surface area contributed by atoms with Crippen LogP contribution in [0.25, 0.3) is 0 Å². The minimum atomic E-state index is -2.82. The molecule has 0 radical (unpaired) electrons. The van der Waals surface area contributed by atoms with Gasteiger partial charge in [0.25, 0.3) is 0 Å². The Morgan fingerprint density at radius 1 is 1.00 bits per heavy atom. The first kappa shape index (κ1) is 17.7. The molecule has 0 aliphatic heterocycles. The van der Waals surface area contributed by atoms with Gasteiger partial charge in [-0.25, -0.2) is 0 Å². The topological polar surface area (TPSA) is 27.7 Å². The van der Waals surface area contributed by atoms with E-state index in [1.165, 1.54) is 26.4 Å². The predicted molar refractivity (Wildman–Crippen MR) is 81.7 cm³/mol. The highest BCUT2D eigenvalue weighted by Gasteiger charge is 2.20. The van der Waals surface area contributed by atoms with E-state index in [0.29, 0.717) is 10.0 Å². The largest absolute Gasteiger partial charge is 0.422 e. The van der Waals surface area contributed by atoms with Crippen LogP contribution in [-0.4, -0.2) is 25.2 Å². The Hall–Kier alpha value is 0.677. The zero-order chi connectivity index (χ0) is 12.3. The number of hydrogen-bond acceptors (Lipinski definition) is 4. The van der Waals surface area contributed by atoms with Crippen molar-refractivity contribution in [2.45, 2.75) is 0 Å². The molecule has 0 N–H and O–H groups in total. The number of rotatable bonds is 4. The second-order valence-corrected chi connectivity index (χ2v) is 6.97. The Morgan fingerprint density at radius 3 is 1.94 bits per heavy atom. The minimum Gasteiger partial charge on any atom is -0.422 e. The molecule has 0 atom stereocenters. The summed E-state index contributed by atoms with van der Waals surface area (Å²) in [5.74, 6) is 0.281. The Morgan fingerprint density at radius 2 is 1.47 bits per heavy atom. The van der Waals surface area contributed by atoms with Gasteiger partial charge in [0.1, 0.15) is 5.75 Å². The van der Waals surface area contributed by atoms with E-state index in [1.807, 2.05) is 0 Å². The second kappa shape index (κ2) is 7.31. The molecule has 0 aliphatic rings. The van der Waals surface area contributed by atoms with E-state index >= 15 is 0 Å². The summed E-state index contributed by atoms with van der Waals surface area (Å²) in [5.41, 5.74) is 0. The fourth-order valence-corrected chi connectivity index (χ4v) is 2.40. The van der Waals surface area contributed by atoms with Gasteiger partial charge in [-0.3, -0.25) is 0 Å². The van der Waals surface area contributed by atoms with Crippen molar-refractivity contribution in [1.29, 1.82) is 0 Å². The molecule has 0 bridgehead atoms. The van der Waals surface area contributed by atoms with Gasteiger partial charge in [-0.15, -0.1) is 0 Å². The molecule has 0 spiro atoms. The third-order valence-corrected chi connectivity index (χ3v) is 5.08. The Balaban J connectivity index is 0.00000256. The van der Waals surface area contributed by atoms with E-state index in [1.54, 1.807) is 0 Å². The normalized spacial score (nSPS) is 10.9. The van der Waals surface area contributed by atoms with Crippen molar-refractivity contribution in [3.8, 4) is 5.75 Å². The highest BCUT2D eigenvalue weighted by molar-refractivity contribution is 8.07. The van der Waals surface area contributed by atoms with Crippen molar-refractivity contribution in [3.05, 3.63) is 27.2 Å². The van der Waals surface area contributed by atoms with E-state index in [0.717, 1.165) is 0 Å². The first-order chi connectivity index (χ1) is 7.41. The van der Waals surface area contributed by atoms with Crippen LogP contribution < -0.4 is 4.52 Å². The van der Waals surface area contributed by atoms with Gasteiger partial charge < -0.3 is 13.6 Å². The summed E-state index contributed by atoms with van der Waals surface area (Å²) in [4.78, 5) is 0. The van der Waals surface area contributed by atoms with Crippen LogP contribution in [0.15, 0.2) is 12.1 Å². The molecule has 1 aromatic rings. The molecule has 3 nitrogen and oxygen atoms in total. The average molecular weight is 354 g/mol. The van der Waals surface area contributed by atoms with Crippen molar-refractivity contribution in [3.63, 3.8) is 0 Å². The molecule has 1 rings (SSSR count). The maximum Gasteiger partial charge on any atom is 0.380 e. The highest BCUT2D eigenvalue weighted by atomic mass is 35.5. The maximum atomic E-state index is 5.91. The summed E-state index contributed by atoms with van der Waals surface area (Å²) in [6.45, 7) is -2.82. The van der Waals surface area contributed by atoms with E-state index in [4.69, 9.17) is 60.2 Å². The van der Waals surface area contributed by atoms with Crippen molar-refractivity contribution in [1.82, 2.24) is 0 Å². The van der Waals surface area contributed by atoms with Gasteiger partial charge in [-0.05, 0) is 17.0 Å². The van der Waals surface area contributed by atoms with Gasteiger partial charge in [-0.1, -0.05) is 34.8 Å². The highest BCUT2D eigenvalue weighted by Crippen LogP contribution is 2.50. The second-order valence-electron chi connectivity index (χ2n) is 2.60. The van der Waals surface area contributed by atoms with Crippen molar-refractivity contribution in [2.24, 2.45) is 0 Å². The first-order valence-electron chi connectivity index (χ1n) is 3.97. The maximum absolute atomic E-state index is 5.91. The quantitative estimate of drug-likeness (QED) is 0.472. The number of halogens is 3. The van der Waals surface area contributed by atoms with Crippen molar-refractivity contribution >= 4 is 64.3 Å². The predicted octanol–water partition coefficient (Wildman–Crippen LogP) is 3.09. The van der Waals surface area contributed by atoms with Gasteiger partial charge in [0.2, 0.25) is 0 Å². The van der Waals surface area contributed by atoms with Crippen LogP contribution in [0.2, 0.25) is 15.1 Å². The van der Waals surface area contributed by atoms with Crippen LogP contribution in [-0.2, 0) is 20.9 Å². The van der Waals surface area contributed by atoms with Crippen molar-refractivity contribution in [2.75, 3.05) is 14.2 Å². The standard InChI is InChI=1S/C8H8Cl3O3PS.H4Si/c1-12-15(16,13-2)14-8-4-6(10)5(9)3-7(8)11;/h3-4H,1-2H3;1H4. The molecule has 0 aromatic heterocycles. The summed E-state index contributed by atoms with van der Waals surface area (Å²) in [5, 5.41) is 0.940. The number of hydrogen-bond donors (Lipinski definition) is 0. The summed E-state index contributed by atoms with van der Waals surface area (Å²) >= 11 is 22.5. The molecule has 17 heavy (non-hydrogen) atoms. The monoisotopic (exact) mass is 352 g/mol. The van der Waals surface area contributed by atoms with Gasteiger partial charge in [0.05, 0.1) is 15.1 Å². The summed E-state index contributed by atoms with van der Waals surface area (Å²) < 4.78 is 15.3. The summed E-state index contributed by atoms with van der Waals surface area (Å²) in [6, 6.07) is 2.93. The molecule has 0 saturated heterocycles. The van der Waals surface area contributed by atoms with E-state index in [-0.39, 0.29) is 21.7 Å². The molecule has 0 amide bonds. The average Bonchev–Trinajstić information content (AvgIpc) is 2.25. The lowest BCUT2D eigenvalue weighted by Gasteiger charge is -2.19. The van der Waals surface area contributed by atoms with Gasteiger partial charge >= 0.3 is 6.72 Å². The first-order valence-corrected chi connectivity index (χ1v) is 7.66. The third kappa shape index (κ3) is 4.69. The lowest BCUT2D eigenvalue weighted by molar-refractivity contribution is 0.273. The smallest absolute Gasteiger partial charge is 0.380 e. The minimum absolute atomic E-state index is 0. The fourth-order valence-electron chi connectivity index (χ4n) is 0.844. The SMILES string of the molecule is COP(=S)(OC)Oc1cc(Cl)c(Cl)cc1Cl.[SiH4]. The van der Waals surface area contributed by atoms with Crippen LogP contribution in [0.4, 0.5) is 0 Å². The third-order valence-electron chi connectivity index (χ3n) is 1.63. The molecule has 9 heteroatoms. The van der Waals surface area contributed by atoms with Crippen LogP contribution in [0.5, 0.6) is 5.75 Å². The Bertz CT molecular complexity index is 438. The Kier molecular flexibility index (Phi) is 7.60. The summed E-state index contributed by atoms with van der Waals surface area (Å²) in [7, 11) is 2.80. The fraction of sp³-hybridized carbons (Fsp3) is 0.250. The molecular formula is C8H12Cl3O3PSSi. The van der Waals surface area contributed by atoms with E-state index in [9.17, 15) is 0 Å². The molecule has 98 valence electrons. The molecular weight excluding hydrogens is 342 g/mol. The summed E-state index contributed by atoms with van der Waals surface area (Å²) in [6.07, 6.45) is 0. The zero-order valence-corrected chi connectivity index (χ0v) is 12.3. The van der Waals surface area contributed by atoms with Crippen LogP contribution in [0, 0.1) is 0 Å². The zero-order valence-electron chi connectivity index (χ0n) is 8.37. The van der Waals surface area contributed by atoms with Gasteiger partial charge in [-0.2, -0.15) is 0 Å². The molecule has 1 aromatic carbocycles. The van der Waals surface area contributed by atoms with Crippen LogP contribution in [0.3, 0.4) is 0 Å². The molecule has 0 unspecified atom stereocenters. The molecule has 0 saturated carbocycles. The molecule has 0 fully saturated rings. The molecule has 0 heterocycles. The van der Waals surface area contributed by atoms with Crippen LogP contribution in [0.1, 0.15) is 0 Å². The Labute approximate surface area is 125 Å². The van der Waals surface area contributed by atoms with E-state index < -0.39 is 6.72 Å². The van der Waals surface area contributed by atoms with Crippen LogP contribution >= 0.6 is 41.5 Å². The van der Waals surface area contributed by atoms with Gasteiger partial charge in [0, 0.05) is 32.1 Å². The molecule has 0 aliphatic carbocycles. The number of benzene rings is 1. The van der Waals surface area contributed by atoms with Crippen molar-refractivity contribution < 1.29 is 13.6 Å².